The van der Waals surface area contributed by atoms with Gasteiger partial charge in [0, 0.05) is 18.6 Å². The van der Waals surface area contributed by atoms with Crippen LogP contribution in [-0.2, 0) is 16.6 Å². The highest BCUT2D eigenvalue weighted by Crippen LogP contribution is 2.19. The van der Waals surface area contributed by atoms with E-state index < -0.39 is 10.0 Å². The third-order valence-electron chi connectivity index (χ3n) is 2.79. The molecule has 0 aliphatic rings. The fourth-order valence-electron chi connectivity index (χ4n) is 1.70. The van der Waals surface area contributed by atoms with E-state index in [1.807, 2.05) is 0 Å². The Bertz CT molecular complexity index is 665. The van der Waals surface area contributed by atoms with Crippen molar-refractivity contribution in [3.8, 4) is 0 Å². The predicted molar refractivity (Wildman–Crippen MR) is 73.4 cm³/mol. The molecule has 0 atom stereocenters. The van der Waals surface area contributed by atoms with Crippen molar-refractivity contribution in [2.75, 3.05) is 7.05 Å². The van der Waals surface area contributed by atoms with Gasteiger partial charge in [0.2, 0.25) is 10.0 Å². The van der Waals surface area contributed by atoms with Gasteiger partial charge in [-0.05, 0) is 24.6 Å². The van der Waals surface area contributed by atoms with Crippen molar-refractivity contribution >= 4 is 21.6 Å². The van der Waals surface area contributed by atoms with Crippen LogP contribution < -0.4 is 0 Å². The monoisotopic (exact) mass is 299 g/mol. The van der Waals surface area contributed by atoms with Gasteiger partial charge in [-0.1, -0.05) is 23.7 Å². The molecule has 2 rings (SSSR count). The topological polar surface area (TPSA) is 66.1 Å². The van der Waals surface area contributed by atoms with E-state index in [1.165, 1.54) is 17.5 Å². The minimum absolute atomic E-state index is 0.198. The van der Waals surface area contributed by atoms with Crippen LogP contribution in [0, 0.1) is 6.92 Å². The fraction of sp³-hybridized carbons (Fsp3) is 0.250. The summed E-state index contributed by atoms with van der Waals surface area (Å²) in [5, 5.41) is 6.99. The van der Waals surface area contributed by atoms with Gasteiger partial charge in [-0.15, -0.1) is 0 Å². The molecule has 1 aromatic heterocycles. The van der Waals surface area contributed by atoms with Gasteiger partial charge in [-0.25, -0.2) is 8.42 Å². The van der Waals surface area contributed by atoms with E-state index >= 15 is 0 Å². The first kappa shape index (κ1) is 14.0. The van der Waals surface area contributed by atoms with Gasteiger partial charge >= 0.3 is 0 Å². The number of aromatic amines is 1. The number of benzene rings is 1. The number of nitrogens with one attached hydrogen (secondary N) is 1. The van der Waals surface area contributed by atoms with Crippen molar-refractivity contribution in [2.24, 2.45) is 0 Å². The molecule has 0 bridgehead atoms. The number of nitrogens with zero attached hydrogens (tertiary/aromatic N) is 2. The van der Waals surface area contributed by atoms with Gasteiger partial charge in [0.15, 0.2) is 0 Å². The molecule has 7 heteroatoms. The van der Waals surface area contributed by atoms with Crippen molar-refractivity contribution in [2.45, 2.75) is 18.4 Å². The Morgan fingerprint density at radius 1 is 1.32 bits per heavy atom. The van der Waals surface area contributed by atoms with Crippen LogP contribution in [0.3, 0.4) is 0 Å². The molecule has 0 unspecified atom stereocenters. The van der Waals surface area contributed by atoms with Crippen LogP contribution in [-0.4, -0.2) is 30.0 Å². The summed E-state index contributed by atoms with van der Waals surface area (Å²) in [4.78, 5) is 0.198. The van der Waals surface area contributed by atoms with E-state index in [-0.39, 0.29) is 11.4 Å². The number of H-pyrrole nitrogens is 1. The summed E-state index contributed by atoms with van der Waals surface area (Å²) < 4.78 is 25.9. The zero-order chi connectivity index (χ0) is 14.0. The maximum atomic E-state index is 12.3. The SMILES string of the molecule is Cc1[nH]ncc1S(=O)(=O)N(C)Cc1ccc(Cl)cc1. The zero-order valence-corrected chi connectivity index (χ0v) is 12.2. The van der Waals surface area contributed by atoms with E-state index in [2.05, 4.69) is 10.2 Å². The summed E-state index contributed by atoms with van der Waals surface area (Å²) in [6, 6.07) is 7.08. The van der Waals surface area contributed by atoms with Crippen molar-refractivity contribution in [1.82, 2.24) is 14.5 Å². The molecular formula is C12H14ClN3O2S. The molecule has 0 saturated carbocycles. The molecule has 0 fully saturated rings. The first-order chi connectivity index (χ1) is 8.91. The van der Waals surface area contributed by atoms with Gasteiger partial charge in [-0.2, -0.15) is 9.40 Å². The van der Waals surface area contributed by atoms with Crippen LogP contribution in [0.2, 0.25) is 5.02 Å². The smallest absolute Gasteiger partial charge is 0.246 e. The molecule has 0 radical (unpaired) electrons. The molecular weight excluding hydrogens is 286 g/mol. The molecule has 0 saturated heterocycles. The summed E-state index contributed by atoms with van der Waals surface area (Å²) in [5.74, 6) is 0. The molecule has 5 nitrogen and oxygen atoms in total. The number of aryl methyl sites for hydroxylation is 1. The van der Waals surface area contributed by atoms with E-state index in [4.69, 9.17) is 11.6 Å². The van der Waals surface area contributed by atoms with Crippen LogP contribution in [0.4, 0.5) is 0 Å². The molecule has 1 heterocycles. The number of hydrogen-bond donors (Lipinski definition) is 1. The quantitative estimate of drug-likeness (QED) is 0.941. The molecule has 0 aliphatic carbocycles. The minimum atomic E-state index is -3.53. The number of aromatic nitrogens is 2. The summed E-state index contributed by atoms with van der Waals surface area (Å²) >= 11 is 5.80. The van der Waals surface area contributed by atoms with Crippen molar-refractivity contribution in [3.63, 3.8) is 0 Å². The standard InChI is InChI=1S/C12H14ClN3O2S/c1-9-12(7-14-15-9)19(17,18)16(2)8-10-3-5-11(13)6-4-10/h3-7H,8H2,1-2H3,(H,14,15). The second-order valence-electron chi connectivity index (χ2n) is 4.25. The maximum absolute atomic E-state index is 12.3. The Labute approximate surface area is 117 Å². The van der Waals surface area contributed by atoms with E-state index in [0.29, 0.717) is 10.7 Å². The number of hydrogen-bond acceptors (Lipinski definition) is 3. The molecule has 102 valence electrons. The van der Waals surface area contributed by atoms with Gasteiger partial charge in [-0.3, -0.25) is 5.10 Å². The average Bonchev–Trinajstić information content (AvgIpc) is 2.79. The van der Waals surface area contributed by atoms with Gasteiger partial charge < -0.3 is 0 Å². The highest BCUT2D eigenvalue weighted by Gasteiger charge is 2.24. The van der Waals surface area contributed by atoms with Crippen LogP contribution in [0.15, 0.2) is 35.4 Å². The Morgan fingerprint density at radius 2 is 1.95 bits per heavy atom. The normalized spacial score (nSPS) is 12.0. The highest BCUT2D eigenvalue weighted by atomic mass is 35.5. The van der Waals surface area contributed by atoms with Crippen molar-refractivity contribution in [1.29, 1.82) is 0 Å². The lowest BCUT2D eigenvalue weighted by atomic mass is 10.2. The predicted octanol–water partition coefficient (Wildman–Crippen LogP) is 2.19. The lowest BCUT2D eigenvalue weighted by molar-refractivity contribution is 0.466. The highest BCUT2D eigenvalue weighted by molar-refractivity contribution is 7.89. The Kier molecular flexibility index (Phi) is 3.93. The van der Waals surface area contributed by atoms with Crippen molar-refractivity contribution in [3.05, 3.63) is 46.7 Å². The molecule has 1 aromatic carbocycles. The fourth-order valence-corrected chi connectivity index (χ4v) is 3.10. The molecule has 0 aliphatic heterocycles. The minimum Gasteiger partial charge on any atom is -0.281 e. The van der Waals surface area contributed by atoms with Gasteiger partial charge in [0.25, 0.3) is 0 Å². The molecule has 2 aromatic rings. The van der Waals surface area contributed by atoms with E-state index in [1.54, 1.807) is 31.2 Å². The summed E-state index contributed by atoms with van der Waals surface area (Å²) in [6.07, 6.45) is 1.32. The lowest BCUT2D eigenvalue weighted by Gasteiger charge is -2.16. The number of sulfonamides is 1. The summed E-state index contributed by atoms with van der Waals surface area (Å²) in [5.41, 5.74) is 1.40. The second-order valence-corrected chi connectivity index (χ2v) is 6.70. The Hall–Kier alpha value is -1.37. The Balaban J connectivity index is 2.22. The average molecular weight is 300 g/mol. The second kappa shape index (κ2) is 5.32. The van der Waals surface area contributed by atoms with Gasteiger partial charge in [0.1, 0.15) is 4.90 Å². The first-order valence-corrected chi connectivity index (χ1v) is 7.44. The van der Waals surface area contributed by atoms with Crippen molar-refractivity contribution < 1.29 is 8.42 Å². The first-order valence-electron chi connectivity index (χ1n) is 5.62. The third-order valence-corrected chi connectivity index (χ3v) is 4.96. The van der Waals surface area contributed by atoms with E-state index in [0.717, 1.165) is 5.56 Å². The van der Waals surface area contributed by atoms with Crippen LogP contribution in [0.25, 0.3) is 0 Å². The summed E-state index contributed by atoms with van der Waals surface area (Å²) in [6.45, 7) is 1.96. The lowest BCUT2D eigenvalue weighted by Crippen LogP contribution is -2.26. The largest absolute Gasteiger partial charge is 0.281 e. The number of rotatable bonds is 4. The summed E-state index contributed by atoms with van der Waals surface area (Å²) in [7, 11) is -1.99. The Morgan fingerprint density at radius 3 is 2.47 bits per heavy atom. The molecule has 1 N–H and O–H groups in total. The molecule has 19 heavy (non-hydrogen) atoms. The maximum Gasteiger partial charge on any atom is 0.246 e. The number of halogens is 1. The third kappa shape index (κ3) is 2.97. The molecule has 0 spiro atoms. The van der Waals surface area contributed by atoms with Crippen LogP contribution >= 0.6 is 11.6 Å². The van der Waals surface area contributed by atoms with Crippen LogP contribution in [0.1, 0.15) is 11.3 Å². The van der Waals surface area contributed by atoms with Gasteiger partial charge in [0.05, 0.1) is 11.9 Å². The molecule has 0 amide bonds. The van der Waals surface area contributed by atoms with E-state index in [9.17, 15) is 8.42 Å². The van der Waals surface area contributed by atoms with Crippen LogP contribution in [0.5, 0.6) is 0 Å². The zero-order valence-electron chi connectivity index (χ0n) is 10.6.